The lowest BCUT2D eigenvalue weighted by atomic mass is 10.1. The Morgan fingerprint density at radius 3 is 2.86 bits per heavy atom. The second-order valence-electron chi connectivity index (χ2n) is 5.23. The van der Waals surface area contributed by atoms with E-state index in [2.05, 4.69) is 0 Å². The lowest BCUT2D eigenvalue weighted by Gasteiger charge is -2.20. The van der Waals surface area contributed by atoms with E-state index >= 15 is 0 Å². The number of carbonyl (C=O) groups is 2. The van der Waals surface area contributed by atoms with E-state index in [1.54, 1.807) is 24.3 Å². The van der Waals surface area contributed by atoms with E-state index in [1.807, 2.05) is 4.90 Å². The van der Waals surface area contributed by atoms with Crippen LogP contribution in [0.4, 0.5) is 0 Å². The van der Waals surface area contributed by atoms with E-state index in [4.69, 9.17) is 10.2 Å². The van der Waals surface area contributed by atoms with Crippen molar-refractivity contribution in [1.82, 2.24) is 4.90 Å². The zero-order valence-corrected chi connectivity index (χ0v) is 11.4. The number of benzene rings is 1. The molecule has 1 atom stereocenters. The van der Waals surface area contributed by atoms with E-state index in [9.17, 15) is 14.7 Å². The highest BCUT2D eigenvalue weighted by Crippen LogP contribution is 2.29. The van der Waals surface area contributed by atoms with E-state index < -0.39 is 5.97 Å². The highest BCUT2D eigenvalue weighted by molar-refractivity contribution is 6.03. The third kappa shape index (κ3) is 2.38. The van der Waals surface area contributed by atoms with E-state index in [0.717, 1.165) is 6.42 Å². The van der Waals surface area contributed by atoms with Crippen LogP contribution in [0.15, 0.2) is 28.7 Å². The molecule has 1 unspecified atom stereocenters. The van der Waals surface area contributed by atoms with Crippen LogP contribution in [0, 0.1) is 0 Å². The van der Waals surface area contributed by atoms with Crippen molar-refractivity contribution in [2.45, 2.75) is 25.4 Å². The summed E-state index contributed by atoms with van der Waals surface area (Å²) in [5.41, 5.74) is 6.10. The van der Waals surface area contributed by atoms with Crippen LogP contribution in [0.1, 0.15) is 29.0 Å². The minimum atomic E-state index is -1.02. The van der Waals surface area contributed by atoms with Crippen molar-refractivity contribution in [1.29, 1.82) is 0 Å². The quantitative estimate of drug-likeness (QED) is 0.890. The van der Waals surface area contributed by atoms with Gasteiger partial charge in [0.15, 0.2) is 0 Å². The lowest BCUT2D eigenvalue weighted by molar-refractivity contribution is -0.122. The van der Waals surface area contributed by atoms with Crippen molar-refractivity contribution in [2.24, 2.45) is 5.73 Å². The van der Waals surface area contributed by atoms with Crippen molar-refractivity contribution in [3.8, 4) is 0 Å². The Hall–Kier alpha value is -2.34. The first-order valence-electron chi connectivity index (χ1n) is 6.85. The van der Waals surface area contributed by atoms with Gasteiger partial charge in [-0.2, -0.15) is 0 Å². The molecule has 0 saturated carbocycles. The number of carboxylic acid groups (broad SMARTS) is 1. The number of aromatic carboxylic acids is 1. The molecule has 1 aliphatic rings. The normalized spacial score (nSPS) is 19.1. The van der Waals surface area contributed by atoms with E-state index in [-0.39, 0.29) is 24.1 Å². The number of primary amides is 1. The lowest BCUT2D eigenvalue weighted by Crippen LogP contribution is -2.39. The Kier molecular flexibility index (Phi) is 3.39. The topological polar surface area (TPSA) is 96.8 Å². The summed E-state index contributed by atoms with van der Waals surface area (Å²) in [5.74, 6) is -1.03. The minimum Gasteiger partial charge on any atom is -0.478 e. The first kappa shape index (κ1) is 13.6. The van der Waals surface area contributed by atoms with Gasteiger partial charge in [-0.25, -0.2) is 4.79 Å². The van der Waals surface area contributed by atoms with Crippen molar-refractivity contribution in [3.05, 3.63) is 35.6 Å². The highest BCUT2D eigenvalue weighted by atomic mass is 16.4. The van der Waals surface area contributed by atoms with E-state index in [0.29, 0.717) is 29.7 Å². The molecule has 6 heteroatoms. The van der Waals surface area contributed by atoms with Crippen LogP contribution in [0.2, 0.25) is 0 Å². The number of amides is 1. The fourth-order valence-corrected chi connectivity index (χ4v) is 2.96. The summed E-state index contributed by atoms with van der Waals surface area (Å²) in [6.07, 6.45) is 1.58. The number of likely N-dealkylation sites (tertiary alicyclic amines) is 1. The fourth-order valence-electron chi connectivity index (χ4n) is 2.96. The number of carboxylic acids is 1. The maximum absolute atomic E-state index is 11.5. The summed E-state index contributed by atoms with van der Waals surface area (Å²) in [6, 6.07) is 6.68. The Morgan fingerprint density at radius 2 is 2.14 bits per heavy atom. The Labute approximate surface area is 121 Å². The minimum absolute atomic E-state index is 0.167. The molecular formula is C15H16N2O4. The van der Waals surface area contributed by atoms with Gasteiger partial charge in [0.05, 0.1) is 12.6 Å². The zero-order valence-electron chi connectivity index (χ0n) is 11.4. The smallest absolute Gasteiger partial charge is 0.339 e. The molecule has 1 aliphatic heterocycles. The first-order valence-corrected chi connectivity index (χ1v) is 6.85. The predicted octanol–water partition coefficient (Wildman–Crippen LogP) is 1.58. The molecule has 2 aromatic rings. The second kappa shape index (κ2) is 5.21. The van der Waals surface area contributed by atoms with Crippen LogP contribution in [0.25, 0.3) is 11.0 Å². The Bertz CT molecular complexity index is 707. The summed E-state index contributed by atoms with van der Waals surface area (Å²) in [6.45, 7) is 0.994. The molecule has 1 aromatic carbocycles. The molecule has 0 aliphatic carbocycles. The number of furan rings is 1. The molecule has 110 valence electrons. The fraction of sp³-hybridized carbons (Fsp3) is 0.333. The zero-order chi connectivity index (χ0) is 15.0. The number of rotatable bonds is 4. The molecule has 1 saturated heterocycles. The third-order valence-electron chi connectivity index (χ3n) is 3.92. The third-order valence-corrected chi connectivity index (χ3v) is 3.92. The van der Waals surface area contributed by atoms with Crippen LogP contribution < -0.4 is 5.73 Å². The highest BCUT2D eigenvalue weighted by Gasteiger charge is 2.31. The van der Waals surface area contributed by atoms with Gasteiger partial charge in [-0.1, -0.05) is 18.2 Å². The van der Waals surface area contributed by atoms with Gasteiger partial charge in [0.2, 0.25) is 5.91 Å². The monoisotopic (exact) mass is 288 g/mol. The number of carbonyl (C=O) groups excluding carboxylic acids is 1. The van der Waals surface area contributed by atoms with Gasteiger partial charge >= 0.3 is 5.97 Å². The van der Waals surface area contributed by atoms with Crippen molar-refractivity contribution in [2.75, 3.05) is 6.54 Å². The standard InChI is InChI=1S/C15H16N2O4/c16-14(18)10-5-3-7-17(10)8-12-13(15(19)20)9-4-1-2-6-11(9)21-12/h1-2,4,6,10H,3,5,7-8H2,(H2,16,18)(H,19,20). The Balaban J connectivity index is 1.98. The molecule has 0 bridgehead atoms. The predicted molar refractivity (Wildman–Crippen MR) is 75.8 cm³/mol. The molecule has 21 heavy (non-hydrogen) atoms. The van der Waals surface area contributed by atoms with Gasteiger partial charge < -0.3 is 15.3 Å². The van der Waals surface area contributed by atoms with Crippen molar-refractivity contribution in [3.63, 3.8) is 0 Å². The van der Waals surface area contributed by atoms with Gasteiger partial charge in [-0.05, 0) is 25.5 Å². The van der Waals surface area contributed by atoms with Gasteiger partial charge in [0.25, 0.3) is 0 Å². The molecule has 0 radical (unpaired) electrons. The largest absolute Gasteiger partial charge is 0.478 e. The summed E-state index contributed by atoms with van der Waals surface area (Å²) in [4.78, 5) is 24.8. The number of para-hydroxylation sites is 1. The van der Waals surface area contributed by atoms with Gasteiger partial charge in [-0.15, -0.1) is 0 Å². The molecular weight excluding hydrogens is 272 g/mol. The van der Waals surface area contributed by atoms with Gasteiger partial charge in [-0.3, -0.25) is 9.69 Å². The van der Waals surface area contributed by atoms with Crippen LogP contribution in [-0.2, 0) is 11.3 Å². The molecule has 6 nitrogen and oxygen atoms in total. The average Bonchev–Trinajstić information content (AvgIpc) is 3.02. The summed E-state index contributed by atoms with van der Waals surface area (Å²) in [7, 11) is 0. The first-order chi connectivity index (χ1) is 10.1. The van der Waals surface area contributed by atoms with Crippen molar-refractivity contribution < 1.29 is 19.1 Å². The maximum Gasteiger partial charge on any atom is 0.339 e. The number of nitrogens with zero attached hydrogens (tertiary/aromatic N) is 1. The van der Waals surface area contributed by atoms with Gasteiger partial charge in [0.1, 0.15) is 16.9 Å². The second-order valence-corrected chi connectivity index (χ2v) is 5.23. The number of nitrogens with two attached hydrogens (primary N) is 1. The van der Waals surface area contributed by atoms with Crippen LogP contribution >= 0.6 is 0 Å². The maximum atomic E-state index is 11.5. The van der Waals surface area contributed by atoms with Crippen LogP contribution in [0.3, 0.4) is 0 Å². The van der Waals surface area contributed by atoms with Gasteiger partial charge in [0, 0.05) is 5.39 Å². The number of hydrogen-bond acceptors (Lipinski definition) is 4. The molecule has 1 aromatic heterocycles. The molecule has 1 fully saturated rings. The summed E-state index contributed by atoms with van der Waals surface area (Å²) in [5, 5.41) is 10.0. The molecule has 0 spiro atoms. The SMILES string of the molecule is NC(=O)C1CCCN1Cc1oc2ccccc2c1C(=O)O. The molecule has 2 heterocycles. The molecule has 3 rings (SSSR count). The average molecular weight is 288 g/mol. The van der Waals surface area contributed by atoms with Crippen LogP contribution in [0.5, 0.6) is 0 Å². The van der Waals surface area contributed by atoms with Crippen molar-refractivity contribution >= 4 is 22.8 Å². The van der Waals surface area contributed by atoms with Crippen LogP contribution in [-0.4, -0.2) is 34.5 Å². The number of fused-ring (bicyclic) bond motifs is 1. The number of hydrogen-bond donors (Lipinski definition) is 2. The Morgan fingerprint density at radius 1 is 1.38 bits per heavy atom. The molecule has 1 amide bonds. The molecule has 3 N–H and O–H groups in total. The summed E-state index contributed by atoms with van der Waals surface area (Å²) < 4.78 is 5.68. The summed E-state index contributed by atoms with van der Waals surface area (Å²) >= 11 is 0. The van der Waals surface area contributed by atoms with E-state index in [1.165, 1.54) is 0 Å².